The predicted octanol–water partition coefficient (Wildman–Crippen LogP) is 3.35. The van der Waals surface area contributed by atoms with Crippen molar-refractivity contribution in [3.8, 4) is 11.5 Å². The third kappa shape index (κ3) is 3.99. The van der Waals surface area contributed by atoms with E-state index in [9.17, 15) is 14.4 Å². The summed E-state index contributed by atoms with van der Waals surface area (Å²) in [5.74, 6) is -0.281. The summed E-state index contributed by atoms with van der Waals surface area (Å²) >= 11 is 0. The first-order valence-electron chi connectivity index (χ1n) is 8.84. The van der Waals surface area contributed by atoms with Crippen LogP contribution in [0.15, 0.2) is 45.6 Å². The predicted molar refractivity (Wildman–Crippen MR) is 106 cm³/mol. The lowest BCUT2D eigenvalue weighted by Gasteiger charge is -2.12. The van der Waals surface area contributed by atoms with Crippen LogP contribution >= 0.6 is 0 Å². The van der Waals surface area contributed by atoms with Crippen LogP contribution in [0.4, 0.5) is 0 Å². The third-order valence-electron chi connectivity index (χ3n) is 4.71. The van der Waals surface area contributed by atoms with Gasteiger partial charge in [-0.3, -0.25) is 4.79 Å². The van der Waals surface area contributed by atoms with Gasteiger partial charge in [0, 0.05) is 10.9 Å². The molecule has 3 rings (SSSR count). The van der Waals surface area contributed by atoms with Crippen molar-refractivity contribution in [1.82, 2.24) is 0 Å². The minimum Gasteiger partial charge on any atom is -0.497 e. The van der Waals surface area contributed by atoms with E-state index in [4.69, 9.17) is 13.9 Å². The summed E-state index contributed by atoms with van der Waals surface area (Å²) in [4.78, 5) is 36.5. The van der Waals surface area contributed by atoms with Gasteiger partial charge in [-0.1, -0.05) is 6.07 Å². The first-order chi connectivity index (χ1) is 13.8. The summed E-state index contributed by atoms with van der Waals surface area (Å²) in [5.41, 5.74) is 1.37. The summed E-state index contributed by atoms with van der Waals surface area (Å²) in [6, 6.07) is 9.92. The fraction of sp³-hybridized carbons (Fsp3) is 0.227. The molecule has 0 fully saturated rings. The molecule has 0 aliphatic rings. The van der Waals surface area contributed by atoms with Crippen molar-refractivity contribution < 1.29 is 28.2 Å². The van der Waals surface area contributed by atoms with Gasteiger partial charge in [-0.15, -0.1) is 0 Å². The van der Waals surface area contributed by atoms with Crippen LogP contribution in [0, 0.1) is 13.8 Å². The number of benzene rings is 2. The number of ether oxygens (including phenoxy) is 3. The maximum Gasteiger partial charge on any atom is 0.343 e. The summed E-state index contributed by atoms with van der Waals surface area (Å²) in [6.07, 6.45) is -0.174. The number of hydrogen-bond acceptors (Lipinski definition) is 7. The highest BCUT2D eigenvalue weighted by Gasteiger charge is 2.19. The second-order valence-electron chi connectivity index (χ2n) is 6.43. The minimum absolute atomic E-state index is 0.174. The smallest absolute Gasteiger partial charge is 0.343 e. The molecule has 7 heteroatoms. The molecule has 0 spiro atoms. The Balaban J connectivity index is 1.99. The number of carbonyl (C=O) groups excluding carboxylic acids is 2. The molecule has 0 aliphatic heterocycles. The molecule has 2 aromatic carbocycles. The average Bonchev–Trinajstić information content (AvgIpc) is 2.73. The molecule has 29 heavy (non-hydrogen) atoms. The molecule has 0 saturated heterocycles. The fourth-order valence-electron chi connectivity index (χ4n) is 3.01. The number of aryl methyl sites for hydroxylation is 2. The largest absolute Gasteiger partial charge is 0.497 e. The van der Waals surface area contributed by atoms with Crippen molar-refractivity contribution in [3.05, 3.63) is 69.1 Å². The van der Waals surface area contributed by atoms with Gasteiger partial charge in [-0.05, 0) is 49.7 Å². The molecule has 7 nitrogen and oxygen atoms in total. The molecule has 0 aliphatic carbocycles. The van der Waals surface area contributed by atoms with E-state index in [1.54, 1.807) is 50.2 Å². The maximum atomic E-state index is 12.5. The summed E-state index contributed by atoms with van der Waals surface area (Å²) < 4.78 is 20.7. The van der Waals surface area contributed by atoms with E-state index < -0.39 is 17.6 Å². The molecular weight excluding hydrogens is 376 g/mol. The van der Waals surface area contributed by atoms with E-state index in [1.165, 1.54) is 14.2 Å². The van der Waals surface area contributed by atoms with E-state index in [2.05, 4.69) is 4.74 Å². The van der Waals surface area contributed by atoms with Crippen LogP contribution in [0.2, 0.25) is 0 Å². The van der Waals surface area contributed by atoms with Crippen LogP contribution in [-0.4, -0.2) is 26.2 Å². The van der Waals surface area contributed by atoms with Crippen LogP contribution in [0.1, 0.15) is 27.0 Å². The van der Waals surface area contributed by atoms with Gasteiger partial charge in [0.1, 0.15) is 17.1 Å². The SMILES string of the molecule is COC(=O)Cc1c(C)c2ccc(OC(=O)c3cccc(OC)c3)c(C)c2oc1=O. The van der Waals surface area contributed by atoms with E-state index in [0.29, 0.717) is 33.4 Å². The number of rotatable bonds is 5. The van der Waals surface area contributed by atoms with E-state index >= 15 is 0 Å². The van der Waals surface area contributed by atoms with Gasteiger partial charge in [0.15, 0.2) is 0 Å². The first kappa shape index (κ1) is 20.1. The van der Waals surface area contributed by atoms with Crippen molar-refractivity contribution in [2.75, 3.05) is 14.2 Å². The molecule has 0 N–H and O–H groups in total. The van der Waals surface area contributed by atoms with Crippen molar-refractivity contribution in [2.45, 2.75) is 20.3 Å². The Hall–Kier alpha value is -3.61. The Morgan fingerprint density at radius 2 is 1.79 bits per heavy atom. The highest BCUT2D eigenvalue weighted by Crippen LogP contribution is 2.30. The van der Waals surface area contributed by atoms with Gasteiger partial charge in [-0.2, -0.15) is 0 Å². The quantitative estimate of drug-likeness (QED) is 0.371. The number of esters is 2. The zero-order valence-corrected chi connectivity index (χ0v) is 16.5. The lowest BCUT2D eigenvalue weighted by molar-refractivity contribution is -0.139. The Kier molecular flexibility index (Phi) is 5.68. The van der Waals surface area contributed by atoms with Gasteiger partial charge in [-0.25, -0.2) is 9.59 Å². The van der Waals surface area contributed by atoms with E-state index in [1.807, 2.05) is 0 Å². The lowest BCUT2D eigenvalue weighted by atomic mass is 10.0. The maximum absolute atomic E-state index is 12.5. The van der Waals surface area contributed by atoms with Crippen LogP contribution in [0.3, 0.4) is 0 Å². The molecule has 1 heterocycles. The lowest BCUT2D eigenvalue weighted by Crippen LogP contribution is -2.16. The second kappa shape index (κ2) is 8.18. The molecule has 1 aromatic heterocycles. The average molecular weight is 396 g/mol. The zero-order chi connectivity index (χ0) is 21.1. The Morgan fingerprint density at radius 3 is 2.48 bits per heavy atom. The Morgan fingerprint density at radius 1 is 1.03 bits per heavy atom. The molecule has 0 radical (unpaired) electrons. The fourth-order valence-corrected chi connectivity index (χ4v) is 3.01. The van der Waals surface area contributed by atoms with Crippen molar-refractivity contribution >= 4 is 22.9 Å². The highest BCUT2D eigenvalue weighted by atomic mass is 16.5. The Labute approximate surface area is 166 Å². The molecule has 0 bridgehead atoms. The van der Waals surface area contributed by atoms with Crippen LogP contribution in [0.5, 0.6) is 11.5 Å². The molecular formula is C22H20O7. The van der Waals surface area contributed by atoms with Gasteiger partial charge >= 0.3 is 17.6 Å². The van der Waals surface area contributed by atoms with Crippen molar-refractivity contribution in [1.29, 1.82) is 0 Å². The summed E-state index contributed by atoms with van der Waals surface area (Å²) in [6.45, 7) is 3.43. The highest BCUT2D eigenvalue weighted by molar-refractivity contribution is 5.93. The third-order valence-corrected chi connectivity index (χ3v) is 4.71. The molecule has 3 aromatic rings. The van der Waals surface area contributed by atoms with Crippen LogP contribution < -0.4 is 15.1 Å². The van der Waals surface area contributed by atoms with Gasteiger partial charge in [0.05, 0.1) is 31.8 Å². The Bertz CT molecular complexity index is 1160. The molecule has 0 atom stereocenters. The van der Waals surface area contributed by atoms with Gasteiger partial charge in [0.25, 0.3) is 0 Å². The monoisotopic (exact) mass is 396 g/mol. The van der Waals surface area contributed by atoms with Gasteiger partial charge in [0.2, 0.25) is 0 Å². The molecule has 0 unspecified atom stereocenters. The zero-order valence-electron chi connectivity index (χ0n) is 16.5. The van der Waals surface area contributed by atoms with Crippen molar-refractivity contribution in [3.63, 3.8) is 0 Å². The number of fused-ring (bicyclic) bond motifs is 1. The number of carbonyl (C=O) groups is 2. The second-order valence-corrected chi connectivity index (χ2v) is 6.43. The normalized spacial score (nSPS) is 10.6. The van der Waals surface area contributed by atoms with E-state index in [-0.39, 0.29) is 17.7 Å². The van der Waals surface area contributed by atoms with Gasteiger partial charge < -0.3 is 18.6 Å². The van der Waals surface area contributed by atoms with E-state index in [0.717, 1.165) is 0 Å². The van der Waals surface area contributed by atoms with Crippen LogP contribution in [0.25, 0.3) is 11.0 Å². The molecule has 0 amide bonds. The molecule has 0 saturated carbocycles. The van der Waals surface area contributed by atoms with Crippen LogP contribution in [-0.2, 0) is 16.0 Å². The first-order valence-corrected chi connectivity index (χ1v) is 8.84. The topological polar surface area (TPSA) is 92.0 Å². The summed E-state index contributed by atoms with van der Waals surface area (Å²) in [5, 5.41) is 0.655. The summed E-state index contributed by atoms with van der Waals surface area (Å²) in [7, 11) is 2.77. The van der Waals surface area contributed by atoms with Crippen molar-refractivity contribution in [2.24, 2.45) is 0 Å². The number of methoxy groups -OCH3 is 2. The standard InChI is InChI=1S/C22H20O7/c1-12-16-8-9-18(28-21(24)14-6-5-7-15(10-14)26-3)13(2)20(16)29-22(25)17(12)11-19(23)27-4/h5-10H,11H2,1-4H3. The molecule has 150 valence electrons. The number of hydrogen-bond donors (Lipinski definition) is 0. The minimum atomic E-state index is -0.625.